The van der Waals surface area contributed by atoms with E-state index in [2.05, 4.69) is 47.6 Å². The van der Waals surface area contributed by atoms with Crippen LogP contribution in [0.15, 0.2) is 0 Å². The highest BCUT2D eigenvalue weighted by Crippen LogP contribution is 2.67. The molecular weight excluding hydrogens is 1540 g/mol. The molecule has 16 bridgehead atoms. The fourth-order valence-corrected chi connectivity index (χ4v) is 24.8. The molecule has 2 heterocycles. The molecule has 0 aromatic carbocycles. The minimum Gasteiger partial charge on any atom is -0.459 e. The van der Waals surface area contributed by atoms with Gasteiger partial charge in [-0.05, 0) is 349 Å². The number of aliphatic hydroxyl groups excluding tert-OH is 1. The Balaban J connectivity index is 0.000000143. The lowest BCUT2D eigenvalue weighted by molar-refractivity contribution is -0.225. The van der Waals surface area contributed by atoms with Crippen molar-refractivity contribution in [2.45, 2.75) is 403 Å². The van der Waals surface area contributed by atoms with E-state index in [0.29, 0.717) is 62.2 Å². The van der Waals surface area contributed by atoms with Crippen molar-refractivity contribution in [3.63, 3.8) is 0 Å². The smallest absolute Gasteiger partial charge is 0.344 e. The average Bonchev–Trinajstić information content (AvgIpc) is 1.62. The molecule has 19 aliphatic rings. The second kappa shape index (κ2) is 35.7. The zero-order valence-corrected chi connectivity index (χ0v) is 77.6. The predicted molar refractivity (Wildman–Crippen MR) is 450 cm³/mol. The highest BCUT2D eigenvalue weighted by atomic mass is 16.6. The average molecular weight is 1700 g/mol. The first-order valence-electron chi connectivity index (χ1n) is 47.2. The maximum absolute atomic E-state index is 12.6. The Kier molecular flexibility index (Phi) is 28.3. The van der Waals surface area contributed by atoms with Crippen LogP contribution in [0.5, 0.6) is 0 Å². The molecule has 2 saturated heterocycles. The molecular formula is C98H153NO22. The summed E-state index contributed by atoms with van der Waals surface area (Å²) in [5, 5.41) is 29.2. The Hall–Kier alpha value is -5.89. The number of nitrogens with zero attached hydrogens (tertiary/aromatic N) is 1. The highest BCUT2D eigenvalue weighted by molar-refractivity contribution is 5.85. The van der Waals surface area contributed by atoms with E-state index >= 15 is 0 Å². The van der Waals surface area contributed by atoms with Gasteiger partial charge in [-0.25, -0.2) is 9.59 Å². The number of aliphatic hydroxyl groups is 2. The molecule has 23 nitrogen and oxygen atoms in total. The molecule has 0 radical (unpaired) electrons. The highest BCUT2D eigenvalue weighted by Gasteiger charge is 2.73. The first-order valence-corrected chi connectivity index (χ1v) is 47.2. The molecule has 23 heteroatoms. The summed E-state index contributed by atoms with van der Waals surface area (Å²) in [6.45, 7) is 40.2. The van der Waals surface area contributed by atoms with Gasteiger partial charge in [0.1, 0.15) is 46.8 Å². The van der Waals surface area contributed by atoms with Crippen LogP contribution < -0.4 is 0 Å². The monoisotopic (exact) mass is 1700 g/mol. The maximum Gasteiger partial charge on any atom is 0.344 e. The molecule has 682 valence electrons. The van der Waals surface area contributed by atoms with Gasteiger partial charge in [-0.3, -0.25) is 38.4 Å². The van der Waals surface area contributed by atoms with Gasteiger partial charge in [-0.2, -0.15) is 5.26 Å². The SMILES string of the molecule is CCC(C)(C)C(=O)OC(C)(C)C12CC3CC(CC(C3)C1)C2.CCC(C)(C)C(=O)OC1(C)C2CC3CC(C2)CC1C3.CCC(C)(C)C(=O)OC12CC3CC(CC(O)(C3)C1)C2.CCC(C)(C)C(=O)OCC(=O)OC1C2CC3C1OC(=O)C3(C#N)C2.CCC(C)(CO)C(=O)OCC(=O)OC1C2CC3C(=O)OC1C3C2.CCC1(OC(=O)C(C)(C)CC)CCCC1. The molecule has 2 N–H and O–H groups in total. The minimum atomic E-state index is -1.06. The van der Waals surface area contributed by atoms with E-state index in [1.165, 1.54) is 89.9 Å². The standard InChI is InChI=1S/C19H32O2.C17H21NO6.C17H28O2.C16H22O7.C16H26O3.C13H24O2/c1-6-17(2,3)16(20)21-18(4,5)19-10-13-7-14(11-19)9-15(8-13)12-19;1-4-16(2,3)14(20)22-7-11(19)23-12-9-5-10-13(12)24-15(21)17(10,6-9)8-18;1-5-16(2,3)15(18)19-17(4)13-7-11-6-12(9-13)10-14(17)8-11;1-3-16(2,7-17)15(20)21-6-11(18)22-12-8-4-9-10(5-8)14(19)23-13(9)12;1-4-14(2,3)13(17)19-16-8-11-5-12(9-16)7-15(18,6-11)10-16;1-5-12(3,4)11(14)15-13(6-2)9-7-8-10-13/h13-15H,6-12H2,1-5H3;9-10,12-13H,4-7H2,1-3H3;11-14H,5-10H2,1-4H3;8-10,12-13,17H,3-7H2,1-2H3;11-12,18H,4-10H2,1-3H3;5-10H2,1-4H3. The van der Waals surface area contributed by atoms with Crippen LogP contribution in [0, 0.1) is 138 Å². The lowest BCUT2D eigenvalue weighted by Gasteiger charge is -2.61. The number of hydrogen-bond acceptors (Lipinski definition) is 23. The third-order valence-electron chi connectivity index (χ3n) is 34.7. The molecule has 13 atom stereocenters. The molecule has 0 aromatic heterocycles. The molecule has 17 saturated carbocycles. The van der Waals surface area contributed by atoms with Crippen LogP contribution in [0.4, 0.5) is 0 Å². The van der Waals surface area contributed by atoms with Crippen LogP contribution in [0.1, 0.15) is 351 Å². The Morgan fingerprint density at radius 1 is 0.479 bits per heavy atom. The zero-order chi connectivity index (χ0) is 89.2. The number of carbonyl (C=O) groups excluding carboxylic acids is 10. The van der Waals surface area contributed by atoms with Crippen molar-refractivity contribution in [3.05, 3.63) is 0 Å². The lowest BCUT2D eigenvalue weighted by Crippen LogP contribution is -2.61. The molecule has 0 aromatic rings. The number of rotatable bonds is 25. The Labute approximate surface area is 722 Å². The maximum atomic E-state index is 12.6. The van der Waals surface area contributed by atoms with E-state index in [9.17, 15) is 63.4 Å². The fourth-order valence-electron chi connectivity index (χ4n) is 24.8. The van der Waals surface area contributed by atoms with Gasteiger partial charge in [0, 0.05) is 35.5 Å². The summed E-state index contributed by atoms with van der Waals surface area (Å²) < 4.78 is 55.4. The van der Waals surface area contributed by atoms with Crippen molar-refractivity contribution in [3.8, 4) is 6.07 Å². The summed E-state index contributed by atoms with van der Waals surface area (Å²) >= 11 is 0. The molecule has 19 rings (SSSR count). The minimum absolute atomic E-state index is 0.00857. The molecule has 19 fully saturated rings. The first-order chi connectivity index (χ1) is 56.4. The lowest BCUT2D eigenvalue weighted by atomic mass is 9.46. The van der Waals surface area contributed by atoms with Gasteiger partial charge in [0.25, 0.3) is 0 Å². The fraction of sp³-hybridized carbons (Fsp3) is 0.888. The third kappa shape index (κ3) is 19.5. The van der Waals surface area contributed by atoms with Crippen LogP contribution in [-0.4, -0.2) is 142 Å². The summed E-state index contributed by atoms with van der Waals surface area (Å²) in [6.07, 6.45) is 30.9. The van der Waals surface area contributed by atoms with Gasteiger partial charge < -0.3 is 57.6 Å². The number of nitriles is 1. The van der Waals surface area contributed by atoms with Gasteiger partial charge in [-0.15, -0.1) is 0 Å². The van der Waals surface area contributed by atoms with E-state index in [1.807, 2.05) is 76.2 Å². The van der Waals surface area contributed by atoms with E-state index in [-0.39, 0.29) is 116 Å². The van der Waals surface area contributed by atoms with Gasteiger partial charge in [-0.1, -0.05) is 48.5 Å². The Bertz CT molecular complexity index is 3770. The predicted octanol–water partition coefficient (Wildman–Crippen LogP) is 17.7. The first kappa shape index (κ1) is 95.8. The molecule has 2 aliphatic heterocycles. The third-order valence-corrected chi connectivity index (χ3v) is 34.7. The summed E-state index contributed by atoms with van der Waals surface area (Å²) in [7, 11) is 0. The number of hydrogen-bond donors (Lipinski definition) is 2. The molecule has 17 aliphatic carbocycles. The van der Waals surface area contributed by atoms with Crippen LogP contribution >= 0.6 is 0 Å². The molecule has 121 heavy (non-hydrogen) atoms. The van der Waals surface area contributed by atoms with Crippen LogP contribution in [-0.2, 0) is 95.3 Å². The summed E-state index contributed by atoms with van der Waals surface area (Å²) in [5.41, 5.74) is -5.44. The van der Waals surface area contributed by atoms with Crippen molar-refractivity contribution in [1.82, 2.24) is 0 Å². The summed E-state index contributed by atoms with van der Waals surface area (Å²) in [4.78, 5) is 121. The summed E-state index contributed by atoms with van der Waals surface area (Å²) in [5.74, 6) is 3.76. The van der Waals surface area contributed by atoms with Crippen molar-refractivity contribution in [2.75, 3.05) is 19.8 Å². The van der Waals surface area contributed by atoms with Crippen LogP contribution in [0.3, 0.4) is 0 Å². The van der Waals surface area contributed by atoms with Gasteiger partial charge in [0.15, 0.2) is 18.6 Å². The Morgan fingerprint density at radius 2 is 0.926 bits per heavy atom. The number of ether oxygens (including phenoxy) is 10. The largest absolute Gasteiger partial charge is 0.459 e. The van der Waals surface area contributed by atoms with E-state index in [1.54, 1.807) is 27.7 Å². The van der Waals surface area contributed by atoms with Crippen molar-refractivity contribution in [1.29, 1.82) is 5.26 Å². The molecule has 13 unspecified atom stereocenters. The van der Waals surface area contributed by atoms with E-state index in [0.717, 1.165) is 107 Å². The molecule has 0 amide bonds. The normalized spacial score (nSPS) is 37.3. The number of esters is 10. The van der Waals surface area contributed by atoms with Crippen molar-refractivity contribution < 1.29 is 106 Å². The van der Waals surface area contributed by atoms with Crippen LogP contribution in [0.2, 0.25) is 0 Å². The van der Waals surface area contributed by atoms with Crippen molar-refractivity contribution >= 4 is 59.7 Å². The quantitative estimate of drug-likeness (QED) is 0.0633. The second-order valence-corrected chi connectivity index (χ2v) is 45.4. The van der Waals surface area contributed by atoms with E-state index in [4.69, 9.17) is 47.4 Å². The van der Waals surface area contributed by atoms with Gasteiger partial charge in [0.2, 0.25) is 0 Å². The van der Waals surface area contributed by atoms with E-state index < -0.39 is 88.6 Å². The van der Waals surface area contributed by atoms with Gasteiger partial charge in [0.05, 0.1) is 56.7 Å². The number of fused-ring (bicyclic) bond motifs is 2. The number of carbonyl (C=O) groups is 10. The Morgan fingerprint density at radius 3 is 1.39 bits per heavy atom. The molecule has 0 spiro atoms. The topological polar surface area (TPSA) is 327 Å². The van der Waals surface area contributed by atoms with Crippen molar-refractivity contribution in [2.24, 2.45) is 126 Å². The van der Waals surface area contributed by atoms with Crippen LogP contribution in [0.25, 0.3) is 0 Å². The second-order valence-electron chi connectivity index (χ2n) is 45.4. The zero-order valence-electron chi connectivity index (χ0n) is 77.6. The summed E-state index contributed by atoms with van der Waals surface area (Å²) in [6, 6.07) is 2.10. The van der Waals surface area contributed by atoms with Gasteiger partial charge >= 0.3 is 59.7 Å².